The van der Waals surface area contributed by atoms with Crippen LogP contribution in [0.1, 0.15) is 58.6 Å². The van der Waals surface area contributed by atoms with Gasteiger partial charge in [-0.1, -0.05) is 61.6 Å². The van der Waals surface area contributed by atoms with Crippen LogP contribution in [-0.4, -0.2) is 54.5 Å². The van der Waals surface area contributed by atoms with Crippen molar-refractivity contribution < 1.29 is 4.79 Å². The Morgan fingerprint density at radius 2 is 1.64 bits per heavy atom. The molecule has 2 aromatic carbocycles. The third-order valence-electron chi connectivity index (χ3n) is 7.45. The van der Waals surface area contributed by atoms with Gasteiger partial charge in [0.15, 0.2) is 0 Å². The predicted molar refractivity (Wildman–Crippen MR) is 152 cm³/mol. The number of halogens is 3. The highest BCUT2D eigenvalue weighted by atomic mass is 35.5. The molecule has 4 rings (SSSR count). The molecule has 2 heterocycles. The lowest BCUT2D eigenvalue weighted by Crippen LogP contribution is -2.56. The first-order valence-electron chi connectivity index (χ1n) is 13.0. The Kier molecular flexibility index (Phi) is 8.82. The molecule has 2 aromatic rings. The minimum Gasteiger partial charge on any atom is -0.364 e. The van der Waals surface area contributed by atoms with Crippen molar-refractivity contribution in [3.8, 4) is 0 Å². The second kappa shape index (κ2) is 11.5. The van der Waals surface area contributed by atoms with Crippen molar-refractivity contribution in [1.29, 1.82) is 0 Å². The number of hydrogen-bond donors (Lipinski definition) is 0. The minimum atomic E-state index is 0.0220. The zero-order valence-electron chi connectivity index (χ0n) is 21.8. The number of amides is 1. The minimum absolute atomic E-state index is 0.0220. The summed E-state index contributed by atoms with van der Waals surface area (Å²) in [5.74, 6) is 0.811. The summed E-state index contributed by atoms with van der Waals surface area (Å²) in [6.45, 7) is 13.2. The van der Waals surface area contributed by atoms with Gasteiger partial charge in [-0.05, 0) is 73.1 Å². The molecule has 3 atom stereocenters. The van der Waals surface area contributed by atoms with Crippen LogP contribution in [0.2, 0.25) is 15.1 Å². The van der Waals surface area contributed by atoms with Gasteiger partial charge in [-0.2, -0.15) is 0 Å². The molecule has 2 aliphatic heterocycles. The number of piperidine rings is 1. The largest absolute Gasteiger partial charge is 0.364 e. The number of rotatable bonds is 5. The average molecular weight is 551 g/mol. The third kappa shape index (κ3) is 6.89. The molecule has 7 heteroatoms. The lowest BCUT2D eigenvalue weighted by atomic mass is 9.87. The number of carbonyl (C=O) groups excluding carboxylic acids is 1. The zero-order chi connectivity index (χ0) is 26.0. The van der Waals surface area contributed by atoms with Crippen molar-refractivity contribution >= 4 is 46.4 Å². The van der Waals surface area contributed by atoms with Gasteiger partial charge in [0.25, 0.3) is 0 Å². The first-order valence-corrected chi connectivity index (χ1v) is 14.1. The SMILES string of the molecule is C[C@H]1CN(C(=O)CC(C)(C)C)CCN1C[C@@H]1CC[C@@H](c2ccc(Cl)cc2Cl)N(c2ccc(Cl)cc2)C1. The summed E-state index contributed by atoms with van der Waals surface area (Å²) in [5.41, 5.74) is 2.30. The predicted octanol–water partition coefficient (Wildman–Crippen LogP) is 7.57. The molecule has 0 unspecified atom stereocenters. The van der Waals surface area contributed by atoms with E-state index in [9.17, 15) is 4.79 Å². The standard InChI is InChI=1S/C29H38Cl3N3O/c1-20-17-34(28(36)16-29(2,3)4)14-13-33(20)18-21-5-12-27(25-11-8-23(31)15-26(25)32)35(19-21)24-9-6-22(30)7-10-24/h6-11,15,20-21,27H,5,12-14,16-19H2,1-4H3/t20-,21-,27-/m0/s1. The first-order chi connectivity index (χ1) is 17.0. The first kappa shape index (κ1) is 27.6. The maximum atomic E-state index is 12.8. The van der Waals surface area contributed by atoms with Gasteiger partial charge in [0.05, 0.1) is 6.04 Å². The van der Waals surface area contributed by atoms with Gasteiger partial charge in [-0.25, -0.2) is 0 Å². The number of anilines is 1. The van der Waals surface area contributed by atoms with E-state index in [-0.39, 0.29) is 17.4 Å². The van der Waals surface area contributed by atoms with E-state index in [0.717, 1.165) is 66.9 Å². The summed E-state index contributed by atoms with van der Waals surface area (Å²) in [6.07, 6.45) is 2.75. The van der Waals surface area contributed by atoms with Gasteiger partial charge < -0.3 is 9.80 Å². The highest BCUT2D eigenvalue weighted by molar-refractivity contribution is 6.35. The van der Waals surface area contributed by atoms with Gasteiger partial charge >= 0.3 is 0 Å². The van der Waals surface area contributed by atoms with Gasteiger partial charge in [0.1, 0.15) is 0 Å². The molecule has 4 nitrogen and oxygen atoms in total. The molecular formula is C29H38Cl3N3O. The fraction of sp³-hybridized carbons (Fsp3) is 0.552. The summed E-state index contributed by atoms with van der Waals surface area (Å²) in [4.78, 5) is 19.9. The Hall–Kier alpha value is -1.46. The number of hydrogen-bond acceptors (Lipinski definition) is 3. The van der Waals surface area contributed by atoms with E-state index in [0.29, 0.717) is 23.4 Å². The Morgan fingerprint density at radius 3 is 2.28 bits per heavy atom. The van der Waals surface area contributed by atoms with Crippen LogP contribution in [-0.2, 0) is 4.79 Å². The zero-order valence-corrected chi connectivity index (χ0v) is 24.1. The second-order valence-electron chi connectivity index (χ2n) is 11.7. The highest BCUT2D eigenvalue weighted by Gasteiger charge is 2.34. The molecule has 0 N–H and O–H groups in total. The summed E-state index contributed by atoms with van der Waals surface area (Å²) in [7, 11) is 0. The average Bonchev–Trinajstić information content (AvgIpc) is 2.80. The summed E-state index contributed by atoms with van der Waals surface area (Å²) in [5, 5.41) is 2.11. The van der Waals surface area contributed by atoms with E-state index in [1.807, 2.05) is 24.3 Å². The van der Waals surface area contributed by atoms with Gasteiger partial charge in [-0.15, -0.1) is 0 Å². The van der Waals surface area contributed by atoms with Crippen molar-refractivity contribution in [2.24, 2.45) is 11.3 Å². The van der Waals surface area contributed by atoms with Crippen molar-refractivity contribution in [3.05, 3.63) is 63.1 Å². The molecule has 0 bridgehead atoms. The Morgan fingerprint density at radius 1 is 0.944 bits per heavy atom. The van der Waals surface area contributed by atoms with E-state index < -0.39 is 0 Å². The van der Waals surface area contributed by atoms with Crippen molar-refractivity contribution in [3.63, 3.8) is 0 Å². The van der Waals surface area contributed by atoms with Crippen molar-refractivity contribution in [2.45, 2.75) is 59.0 Å². The quantitative estimate of drug-likeness (QED) is 0.384. The van der Waals surface area contributed by atoms with Gasteiger partial charge in [0.2, 0.25) is 5.91 Å². The maximum absolute atomic E-state index is 12.8. The van der Waals surface area contributed by atoms with Crippen LogP contribution in [0.5, 0.6) is 0 Å². The second-order valence-corrected chi connectivity index (χ2v) is 13.0. The molecule has 2 saturated heterocycles. The molecule has 196 valence electrons. The van der Waals surface area contributed by atoms with Crippen molar-refractivity contribution in [2.75, 3.05) is 37.6 Å². The molecular weight excluding hydrogens is 513 g/mol. The smallest absolute Gasteiger partial charge is 0.223 e. The molecule has 2 aliphatic rings. The number of piperazine rings is 1. The molecule has 0 aromatic heterocycles. The van der Waals surface area contributed by atoms with Crippen LogP contribution in [0.15, 0.2) is 42.5 Å². The van der Waals surface area contributed by atoms with E-state index in [1.165, 1.54) is 0 Å². The van der Waals surface area contributed by atoms with E-state index in [1.54, 1.807) is 0 Å². The van der Waals surface area contributed by atoms with Crippen LogP contribution in [0.25, 0.3) is 0 Å². The van der Waals surface area contributed by atoms with Crippen LogP contribution in [0, 0.1) is 11.3 Å². The topological polar surface area (TPSA) is 26.8 Å². The third-order valence-corrected chi connectivity index (χ3v) is 8.27. The monoisotopic (exact) mass is 549 g/mol. The van der Waals surface area contributed by atoms with Gasteiger partial charge in [-0.3, -0.25) is 9.69 Å². The molecule has 2 fully saturated rings. The van der Waals surface area contributed by atoms with Crippen LogP contribution < -0.4 is 4.90 Å². The molecule has 0 saturated carbocycles. The summed E-state index contributed by atoms with van der Waals surface area (Å²) < 4.78 is 0. The Bertz CT molecular complexity index is 1050. The number of carbonyl (C=O) groups is 1. The number of benzene rings is 2. The summed E-state index contributed by atoms with van der Waals surface area (Å²) >= 11 is 19.0. The van der Waals surface area contributed by atoms with Crippen LogP contribution in [0.3, 0.4) is 0 Å². The lowest BCUT2D eigenvalue weighted by molar-refractivity contribution is -0.136. The Balaban J connectivity index is 1.45. The molecule has 36 heavy (non-hydrogen) atoms. The summed E-state index contributed by atoms with van der Waals surface area (Å²) in [6, 6.07) is 14.5. The molecule has 1 amide bonds. The van der Waals surface area contributed by atoms with E-state index in [4.69, 9.17) is 34.8 Å². The fourth-order valence-corrected chi connectivity index (χ4v) is 6.26. The Labute approximate surface area is 231 Å². The van der Waals surface area contributed by atoms with E-state index >= 15 is 0 Å². The highest BCUT2D eigenvalue weighted by Crippen LogP contribution is 2.41. The molecule has 0 spiro atoms. The normalized spacial score (nSPS) is 23.7. The fourth-order valence-electron chi connectivity index (χ4n) is 5.60. The molecule has 0 radical (unpaired) electrons. The van der Waals surface area contributed by atoms with Crippen molar-refractivity contribution in [1.82, 2.24) is 9.80 Å². The van der Waals surface area contributed by atoms with Crippen LogP contribution in [0.4, 0.5) is 5.69 Å². The van der Waals surface area contributed by atoms with Gasteiger partial charge in [0, 0.05) is 65.9 Å². The lowest BCUT2D eigenvalue weighted by Gasteiger charge is -2.46. The molecule has 0 aliphatic carbocycles. The number of nitrogens with zero attached hydrogens (tertiary/aromatic N) is 3. The van der Waals surface area contributed by atoms with E-state index in [2.05, 4.69) is 60.6 Å². The maximum Gasteiger partial charge on any atom is 0.223 e. The van der Waals surface area contributed by atoms with Crippen LogP contribution >= 0.6 is 34.8 Å².